The average molecular weight is 397 g/mol. The van der Waals surface area contributed by atoms with Crippen LogP contribution in [0, 0.1) is 5.92 Å². The van der Waals surface area contributed by atoms with Gasteiger partial charge in [0.15, 0.2) is 0 Å². The van der Waals surface area contributed by atoms with E-state index in [-0.39, 0.29) is 5.92 Å². The first-order valence-electron chi connectivity index (χ1n) is 9.16. The van der Waals surface area contributed by atoms with E-state index >= 15 is 0 Å². The van der Waals surface area contributed by atoms with Gasteiger partial charge < -0.3 is 10.1 Å². The molecule has 0 saturated carbocycles. The van der Waals surface area contributed by atoms with Crippen LogP contribution in [-0.4, -0.2) is 37.0 Å². The minimum atomic E-state index is -3.61. The maximum absolute atomic E-state index is 12.7. The number of rotatable bonds is 8. The number of carbonyl (C=O) groups excluding carboxylic acids is 1. The molecular formula is C20H32N2O4S. The maximum atomic E-state index is 12.7. The van der Waals surface area contributed by atoms with Crippen LogP contribution in [0.25, 0.3) is 0 Å². The number of carbonyl (C=O) groups is 1. The molecule has 1 amide bonds. The van der Waals surface area contributed by atoms with Gasteiger partial charge in [-0.2, -0.15) is 4.31 Å². The third-order valence-corrected chi connectivity index (χ3v) is 5.38. The average Bonchev–Trinajstić information content (AvgIpc) is 2.55. The van der Waals surface area contributed by atoms with Gasteiger partial charge >= 0.3 is 6.09 Å². The zero-order chi connectivity index (χ0) is 20.7. The van der Waals surface area contributed by atoms with Crippen molar-refractivity contribution >= 4 is 16.1 Å². The van der Waals surface area contributed by atoms with Gasteiger partial charge in [0, 0.05) is 18.5 Å². The molecule has 0 unspecified atom stereocenters. The Labute approximate surface area is 163 Å². The lowest BCUT2D eigenvalue weighted by atomic mass is 10.1. The third-order valence-electron chi connectivity index (χ3n) is 3.77. The molecular weight excluding hydrogens is 364 g/mol. The molecule has 0 aliphatic heterocycles. The van der Waals surface area contributed by atoms with Crippen molar-refractivity contribution in [2.45, 2.75) is 59.7 Å². The van der Waals surface area contributed by atoms with E-state index in [0.29, 0.717) is 13.1 Å². The monoisotopic (exact) mass is 396 g/mol. The highest BCUT2D eigenvalue weighted by Gasteiger charge is 2.22. The normalized spacial score (nSPS) is 13.9. The van der Waals surface area contributed by atoms with E-state index in [4.69, 9.17) is 4.74 Å². The van der Waals surface area contributed by atoms with Crippen molar-refractivity contribution in [1.82, 2.24) is 9.62 Å². The summed E-state index contributed by atoms with van der Waals surface area (Å²) in [7, 11) is -3.61. The topological polar surface area (TPSA) is 75.7 Å². The first-order chi connectivity index (χ1) is 12.4. The summed E-state index contributed by atoms with van der Waals surface area (Å²) in [5.74, 6) is 0.00756. The Bertz CT molecular complexity index is 722. The second-order valence-corrected chi connectivity index (χ2v) is 9.52. The predicted molar refractivity (Wildman–Crippen MR) is 109 cm³/mol. The Morgan fingerprint density at radius 3 is 2.30 bits per heavy atom. The van der Waals surface area contributed by atoms with Gasteiger partial charge in [-0.15, -0.1) is 0 Å². The molecule has 0 saturated heterocycles. The first-order valence-corrected chi connectivity index (χ1v) is 10.7. The molecule has 1 aromatic rings. The highest BCUT2D eigenvalue weighted by molar-refractivity contribution is 7.92. The molecule has 1 atom stereocenters. The molecule has 0 radical (unpaired) electrons. The van der Waals surface area contributed by atoms with Crippen molar-refractivity contribution in [2.24, 2.45) is 5.92 Å². The highest BCUT2D eigenvalue weighted by Crippen LogP contribution is 2.13. The number of nitrogens with zero attached hydrogens (tertiary/aromatic N) is 1. The second kappa shape index (κ2) is 9.90. The number of benzene rings is 1. The van der Waals surface area contributed by atoms with Gasteiger partial charge in [-0.05, 0) is 38.3 Å². The molecule has 0 aliphatic rings. The summed E-state index contributed by atoms with van der Waals surface area (Å²) in [6.45, 7) is 11.6. The predicted octanol–water partition coefficient (Wildman–Crippen LogP) is 3.90. The lowest BCUT2D eigenvalue weighted by Gasteiger charge is -2.24. The minimum absolute atomic E-state index is 0.00756. The molecule has 1 rings (SSSR count). The summed E-state index contributed by atoms with van der Waals surface area (Å²) in [4.78, 5) is 12.0. The van der Waals surface area contributed by atoms with E-state index in [2.05, 4.69) is 5.32 Å². The molecule has 0 aliphatic carbocycles. The number of ether oxygens (including phenoxy) is 1. The summed E-state index contributed by atoms with van der Waals surface area (Å²) in [6, 6.07) is 8.98. The summed E-state index contributed by atoms with van der Waals surface area (Å²) in [5, 5.41) is 3.89. The summed E-state index contributed by atoms with van der Waals surface area (Å²) in [5.41, 5.74) is 0.305. The standard InChI is InChI=1S/C20H32N2O4S/c1-7-22(15-17-11-9-8-10-12-17)27(24,25)14-13-18(16(2)3)21-19(23)26-20(4,5)6/h8-14,16,18H,7,15H2,1-6H3,(H,21,23)/b14-13+/t18-/m1/s1. The van der Waals surface area contributed by atoms with Crippen LogP contribution in [0.4, 0.5) is 4.79 Å². The van der Waals surface area contributed by atoms with Crippen molar-refractivity contribution < 1.29 is 17.9 Å². The maximum Gasteiger partial charge on any atom is 0.408 e. The van der Waals surface area contributed by atoms with Crippen LogP contribution in [0.15, 0.2) is 41.8 Å². The van der Waals surface area contributed by atoms with Crippen molar-refractivity contribution in [2.75, 3.05) is 6.54 Å². The van der Waals surface area contributed by atoms with Gasteiger partial charge in [0.25, 0.3) is 0 Å². The van der Waals surface area contributed by atoms with Gasteiger partial charge in [0.1, 0.15) is 5.60 Å². The molecule has 0 bridgehead atoms. The van der Waals surface area contributed by atoms with E-state index in [1.807, 2.05) is 44.2 Å². The van der Waals surface area contributed by atoms with E-state index < -0.39 is 27.8 Å². The first kappa shape index (κ1) is 23.2. The molecule has 7 heteroatoms. The van der Waals surface area contributed by atoms with Crippen LogP contribution in [0.3, 0.4) is 0 Å². The van der Waals surface area contributed by atoms with Gasteiger partial charge in [0.2, 0.25) is 10.0 Å². The third kappa shape index (κ3) is 8.58. The Hall–Kier alpha value is -1.86. The highest BCUT2D eigenvalue weighted by atomic mass is 32.2. The van der Waals surface area contributed by atoms with Gasteiger partial charge in [-0.1, -0.05) is 51.1 Å². The molecule has 1 N–H and O–H groups in total. The number of sulfonamides is 1. The van der Waals surface area contributed by atoms with Crippen LogP contribution < -0.4 is 5.32 Å². The van der Waals surface area contributed by atoms with E-state index in [1.54, 1.807) is 27.7 Å². The van der Waals surface area contributed by atoms with Crippen molar-refractivity contribution in [3.05, 3.63) is 47.4 Å². The molecule has 0 aromatic heterocycles. The molecule has 152 valence electrons. The zero-order valence-corrected chi connectivity index (χ0v) is 17.9. The number of hydrogen-bond acceptors (Lipinski definition) is 4. The van der Waals surface area contributed by atoms with Crippen LogP contribution >= 0.6 is 0 Å². The molecule has 27 heavy (non-hydrogen) atoms. The summed E-state index contributed by atoms with van der Waals surface area (Å²) >= 11 is 0. The van der Waals surface area contributed by atoms with Crippen LogP contribution in [-0.2, 0) is 21.3 Å². The van der Waals surface area contributed by atoms with E-state index in [9.17, 15) is 13.2 Å². The van der Waals surface area contributed by atoms with Crippen molar-refractivity contribution in [3.63, 3.8) is 0 Å². The lowest BCUT2D eigenvalue weighted by Crippen LogP contribution is -2.41. The SMILES string of the molecule is CCN(Cc1ccccc1)S(=O)(=O)/C=C/[C@@H](NC(=O)OC(C)(C)C)C(C)C. The molecule has 0 spiro atoms. The largest absolute Gasteiger partial charge is 0.444 e. The smallest absolute Gasteiger partial charge is 0.408 e. The number of amides is 1. The van der Waals surface area contributed by atoms with Gasteiger partial charge in [-0.3, -0.25) is 0 Å². The summed E-state index contributed by atoms with van der Waals surface area (Å²) < 4.78 is 32.1. The fraction of sp³-hybridized carbons (Fsp3) is 0.550. The zero-order valence-electron chi connectivity index (χ0n) is 17.1. The number of hydrogen-bond donors (Lipinski definition) is 1. The lowest BCUT2D eigenvalue weighted by molar-refractivity contribution is 0.0504. The number of alkyl carbamates (subject to hydrolysis) is 1. The number of nitrogens with one attached hydrogen (secondary N) is 1. The Kier molecular flexibility index (Phi) is 8.50. The van der Waals surface area contributed by atoms with Crippen LogP contribution in [0.2, 0.25) is 0 Å². The second-order valence-electron chi connectivity index (χ2n) is 7.70. The van der Waals surface area contributed by atoms with Crippen LogP contribution in [0.1, 0.15) is 47.1 Å². The molecule has 0 heterocycles. The van der Waals surface area contributed by atoms with Gasteiger partial charge in [0.05, 0.1) is 6.04 Å². The Morgan fingerprint density at radius 2 is 1.81 bits per heavy atom. The van der Waals surface area contributed by atoms with Gasteiger partial charge in [-0.25, -0.2) is 13.2 Å². The van der Waals surface area contributed by atoms with Crippen molar-refractivity contribution in [1.29, 1.82) is 0 Å². The quantitative estimate of drug-likeness (QED) is 0.723. The van der Waals surface area contributed by atoms with Crippen molar-refractivity contribution in [3.8, 4) is 0 Å². The minimum Gasteiger partial charge on any atom is -0.444 e. The fourth-order valence-corrected chi connectivity index (χ4v) is 3.55. The molecule has 1 aromatic carbocycles. The van der Waals surface area contributed by atoms with Crippen LogP contribution in [0.5, 0.6) is 0 Å². The van der Waals surface area contributed by atoms with E-state index in [1.165, 1.54) is 15.8 Å². The Balaban J connectivity index is 2.87. The molecule has 0 fully saturated rings. The fourth-order valence-electron chi connectivity index (χ4n) is 2.32. The van der Waals surface area contributed by atoms with E-state index in [0.717, 1.165) is 5.56 Å². The summed E-state index contributed by atoms with van der Waals surface area (Å²) in [6.07, 6.45) is 0.942. The molecule has 6 nitrogen and oxygen atoms in total. The Morgan fingerprint density at radius 1 is 1.22 bits per heavy atom.